The predicted molar refractivity (Wildman–Crippen MR) is 98.1 cm³/mol. The Morgan fingerprint density at radius 2 is 1.83 bits per heavy atom. The van der Waals surface area contributed by atoms with Crippen molar-refractivity contribution >= 4 is 51.2 Å². The van der Waals surface area contributed by atoms with Crippen LogP contribution in [0.3, 0.4) is 0 Å². The molecule has 1 aliphatic carbocycles. The quantitative estimate of drug-likeness (QED) is 0.233. The normalized spacial score (nSPS) is 16.0. The van der Waals surface area contributed by atoms with E-state index in [1.54, 1.807) is 0 Å². The molecule has 0 spiro atoms. The SMILES string of the molecule is NC(Cc1cc(I)c(OC2C[CH-]C[CH-]C2)c(I)c1)C(=O)O.[Na+].[Na+]. The topological polar surface area (TPSA) is 72.5 Å². The summed E-state index contributed by atoms with van der Waals surface area (Å²) in [4.78, 5) is 10.8. The molecule has 4 nitrogen and oxygen atoms in total. The van der Waals surface area contributed by atoms with Crippen molar-refractivity contribution in [1.29, 1.82) is 0 Å². The standard InChI is InChI=1S/C15H17I2NO3.2Na/c16-11-6-9(8-13(18)15(19)20)7-12(17)14(11)21-10-4-2-1-3-5-10;;/h2-3,6-7,10,13H,1,4-5,8,18H2,(H,19,20);;/q-2;2*+1. The van der Waals surface area contributed by atoms with Gasteiger partial charge in [-0.05, 0) is 69.3 Å². The van der Waals surface area contributed by atoms with E-state index in [2.05, 4.69) is 58.0 Å². The Bertz CT molecular complexity index is 502. The Morgan fingerprint density at radius 1 is 1.30 bits per heavy atom. The summed E-state index contributed by atoms with van der Waals surface area (Å²) in [5.41, 5.74) is 6.52. The van der Waals surface area contributed by atoms with Gasteiger partial charge in [0.25, 0.3) is 0 Å². The van der Waals surface area contributed by atoms with Gasteiger partial charge in [-0.1, -0.05) is 0 Å². The molecule has 0 aromatic heterocycles. The fourth-order valence-corrected chi connectivity index (χ4v) is 4.38. The van der Waals surface area contributed by atoms with Crippen molar-refractivity contribution in [1.82, 2.24) is 0 Å². The number of hydrogen-bond acceptors (Lipinski definition) is 3. The van der Waals surface area contributed by atoms with Crippen molar-refractivity contribution in [3.8, 4) is 5.75 Å². The van der Waals surface area contributed by atoms with E-state index in [-0.39, 0.29) is 65.2 Å². The number of halogens is 2. The van der Waals surface area contributed by atoms with E-state index < -0.39 is 12.0 Å². The van der Waals surface area contributed by atoms with Crippen molar-refractivity contribution < 1.29 is 73.8 Å². The van der Waals surface area contributed by atoms with Crippen LogP contribution >= 0.6 is 45.2 Å². The van der Waals surface area contributed by atoms with Gasteiger partial charge >= 0.3 is 65.1 Å². The van der Waals surface area contributed by atoms with Gasteiger partial charge < -0.3 is 34.8 Å². The number of benzene rings is 1. The average molecular weight is 559 g/mol. The molecule has 1 fully saturated rings. The first-order valence-corrected chi connectivity index (χ1v) is 8.89. The average Bonchev–Trinajstić information content (AvgIpc) is 2.44. The maximum absolute atomic E-state index is 10.8. The van der Waals surface area contributed by atoms with Gasteiger partial charge in [-0.2, -0.15) is 0 Å². The zero-order valence-corrected chi connectivity index (χ0v) is 21.7. The Balaban J connectivity index is 0.00000242. The van der Waals surface area contributed by atoms with Gasteiger partial charge in [0.1, 0.15) is 11.8 Å². The molecule has 116 valence electrons. The smallest absolute Gasteiger partial charge is 0.494 e. The number of nitrogens with two attached hydrogens (primary N) is 1. The van der Waals surface area contributed by atoms with E-state index >= 15 is 0 Å². The molecule has 0 radical (unpaired) electrons. The predicted octanol–water partition coefficient (Wildman–Crippen LogP) is -2.80. The summed E-state index contributed by atoms with van der Waals surface area (Å²) in [6, 6.07) is 3.04. The molecule has 1 aromatic carbocycles. The first-order valence-electron chi connectivity index (χ1n) is 6.73. The number of ether oxygens (including phenoxy) is 1. The van der Waals surface area contributed by atoms with E-state index in [0.717, 1.165) is 37.7 Å². The van der Waals surface area contributed by atoms with Crippen molar-refractivity contribution in [3.05, 3.63) is 37.7 Å². The first kappa shape index (κ1) is 24.9. The maximum Gasteiger partial charge on any atom is 1.00 e. The minimum absolute atomic E-state index is 0. The van der Waals surface area contributed by atoms with Crippen LogP contribution in [-0.4, -0.2) is 23.2 Å². The summed E-state index contributed by atoms with van der Waals surface area (Å²) in [6.07, 6.45) is 7.98. The zero-order chi connectivity index (χ0) is 15.4. The number of rotatable bonds is 5. The Morgan fingerprint density at radius 3 is 2.30 bits per heavy atom. The van der Waals surface area contributed by atoms with Crippen LogP contribution < -0.4 is 69.6 Å². The molecule has 23 heavy (non-hydrogen) atoms. The van der Waals surface area contributed by atoms with Gasteiger partial charge in [0.05, 0.1) is 7.14 Å². The van der Waals surface area contributed by atoms with Gasteiger partial charge in [-0.15, -0.1) is 12.8 Å². The van der Waals surface area contributed by atoms with Crippen LogP contribution in [0.5, 0.6) is 5.75 Å². The summed E-state index contributed by atoms with van der Waals surface area (Å²) in [5.74, 6) is -0.0915. The summed E-state index contributed by atoms with van der Waals surface area (Å²) in [5, 5.41) is 8.89. The van der Waals surface area contributed by atoms with E-state index in [0.29, 0.717) is 6.42 Å². The van der Waals surface area contributed by atoms with Crippen LogP contribution in [0, 0.1) is 20.0 Å². The fraction of sp³-hybridized carbons (Fsp3) is 0.400. The molecular formula is C15H17I2NNa2O3. The Hall–Kier alpha value is 1.91. The van der Waals surface area contributed by atoms with E-state index in [9.17, 15) is 4.79 Å². The molecule has 0 saturated heterocycles. The van der Waals surface area contributed by atoms with Gasteiger partial charge in [0.2, 0.25) is 0 Å². The van der Waals surface area contributed by atoms with Crippen LogP contribution in [-0.2, 0) is 11.2 Å². The minimum Gasteiger partial charge on any atom is -0.494 e. The number of carbonyl (C=O) groups is 1. The molecule has 0 aliphatic heterocycles. The zero-order valence-electron chi connectivity index (χ0n) is 13.4. The second kappa shape index (κ2) is 12.3. The molecule has 1 aromatic rings. The van der Waals surface area contributed by atoms with Crippen LogP contribution in [0.4, 0.5) is 0 Å². The van der Waals surface area contributed by atoms with Gasteiger partial charge in [-0.3, -0.25) is 4.79 Å². The first-order chi connectivity index (χ1) is 9.97. The number of carboxylic acid groups (broad SMARTS) is 1. The molecule has 1 atom stereocenters. The minimum atomic E-state index is -0.978. The molecule has 3 N–H and O–H groups in total. The molecule has 0 bridgehead atoms. The Labute approximate surface area is 208 Å². The Kier molecular flexibility index (Phi) is 13.3. The van der Waals surface area contributed by atoms with Gasteiger partial charge in [-0.25, -0.2) is 0 Å². The van der Waals surface area contributed by atoms with Crippen LogP contribution in [0.15, 0.2) is 12.1 Å². The second-order valence-electron chi connectivity index (χ2n) is 5.06. The number of hydrogen-bond donors (Lipinski definition) is 2. The molecular weight excluding hydrogens is 542 g/mol. The van der Waals surface area contributed by atoms with E-state index in [4.69, 9.17) is 15.6 Å². The molecule has 1 saturated carbocycles. The second-order valence-corrected chi connectivity index (χ2v) is 7.39. The molecule has 0 amide bonds. The molecule has 2 rings (SSSR count). The van der Waals surface area contributed by atoms with Crippen LogP contribution in [0.25, 0.3) is 0 Å². The third-order valence-electron chi connectivity index (χ3n) is 3.31. The van der Waals surface area contributed by atoms with E-state index in [1.165, 1.54) is 0 Å². The number of carboxylic acids is 1. The number of aliphatic carboxylic acids is 1. The van der Waals surface area contributed by atoms with Crippen LogP contribution in [0.1, 0.15) is 24.8 Å². The fourth-order valence-electron chi connectivity index (χ4n) is 2.23. The third kappa shape index (κ3) is 7.99. The van der Waals surface area contributed by atoms with Crippen molar-refractivity contribution in [3.63, 3.8) is 0 Å². The maximum atomic E-state index is 10.8. The van der Waals surface area contributed by atoms with Crippen molar-refractivity contribution in [2.24, 2.45) is 5.73 Å². The monoisotopic (exact) mass is 559 g/mol. The van der Waals surface area contributed by atoms with Crippen LogP contribution in [0.2, 0.25) is 0 Å². The van der Waals surface area contributed by atoms with Gasteiger partial charge in [0.15, 0.2) is 0 Å². The summed E-state index contributed by atoms with van der Waals surface area (Å²) in [6.45, 7) is 0. The van der Waals surface area contributed by atoms with Crippen molar-refractivity contribution in [2.75, 3.05) is 0 Å². The summed E-state index contributed by atoms with van der Waals surface area (Å²) < 4.78 is 8.09. The molecule has 8 heteroatoms. The molecule has 0 heterocycles. The van der Waals surface area contributed by atoms with Gasteiger partial charge in [0, 0.05) is 6.10 Å². The summed E-state index contributed by atoms with van der Waals surface area (Å²) in [7, 11) is 0. The molecule has 1 aliphatic rings. The van der Waals surface area contributed by atoms with E-state index in [1.807, 2.05) is 12.1 Å². The van der Waals surface area contributed by atoms with Crippen molar-refractivity contribution in [2.45, 2.75) is 37.8 Å². The third-order valence-corrected chi connectivity index (χ3v) is 4.91. The largest absolute Gasteiger partial charge is 1.00 e. The summed E-state index contributed by atoms with van der Waals surface area (Å²) >= 11 is 4.47. The molecule has 1 unspecified atom stereocenters.